The van der Waals surface area contributed by atoms with Crippen LogP contribution in [-0.2, 0) is 4.79 Å². The fourth-order valence-electron chi connectivity index (χ4n) is 3.11. The number of carboxylic acids is 1. The maximum atomic E-state index is 12.9. The highest BCUT2D eigenvalue weighted by molar-refractivity contribution is 8.01. The predicted molar refractivity (Wildman–Crippen MR) is 109 cm³/mol. The number of hydrogen-bond donors (Lipinski definition) is 2. The molecule has 1 aliphatic rings. The molecule has 0 saturated heterocycles. The molecule has 0 aromatic carbocycles. The van der Waals surface area contributed by atoms with E-state index in [1.807, 2.05) is 4.90 Å². The van der Waals surface area contributed by atoms with Crippen molar-refractivity contribution in [3.8, 4) is 0 Å². The van der Waals surface area contributed by atoms with Crippen LogP contribution in [0.3, 0.4) is 0 Å². The van der Waals surface area contributed by atoms with Gasteiger partial charge in [0.1, 0.15) is 0 Å². The zero-order valence-corrected chi connectivity index (χ0v) is 17.9. The second kappa shape index (κ2) is 10.8. The summed E-state index contributed by atoms with van der Waals surface area (Å²) in [5.41, 5.74) is 0. The van der Waals surface area contributed by atoms with Crippen LogP contribution in [0.15, 0.2) is 4.34 Å². The lowest BCUT2D eigenvalue weighted by atomic mass is 9.86. The third-order valence-electron chi connectivity index (χ3n) is 4.80. The Morgan fingerprint density at radius 2 is 2.00 bits per heavy atom. The van der Waals surface area contributed by atoms with Crippen LogP contribution in [0, 0.1) is 11.8 Å². The van der Waals surface area contributed by atoms with Crippen molar-refractivity contribution in [2.24, 2.45) is 11.8 Å². The maximum Gasteiger partial charge on any atom is 0.323 e. The predicted octanol–water partition coefficient (Wildman–Crippen LogP) is 4.56. The first-order valence-electron chi connectivity index (χ1n) is 9.60. The third-order valence-corrected chi connectivity index (χ3v) is 6.77. The number of amides is 2. The molecule has 2 N–H and O–H groups in total. The molecular formula is C18H30N4O3S2. The number of urea groups is 1. The fraction of sp³-hybridized carbons (Fsp3) is 0.778. The quantitative estimate of drug-likeness (QED) is 0.454. The molecular weight excluding hydrogens is 384 g/mol. The normalized spacial score (nSPS) is 19.9. The monoisotopic (exact) mass is 414 g/mol. The van der Waals surface area contributed by atoms with Crippen molar-refractivity contribution in [2.75, 3.05) is 17.6 Å². The second-order valence-corrected chi connectivity index (χ2v) is 9.90. The van der Waals surface area contributed by atoms with E-state index < -0.39 is 5.97 Å². The zero-order valence-electron chi connectivity index (χ0n) is 16.3. The van der Waals surface area contributed by atoms with Gasteiger partial charge in [0.2, 0.25) is 5.13 Å². The molecule has 1 aromatic rings. The lowest BCUT2D eigenvalue weighted by Gasteiger charge is -2.36. The maximum absolute atomic E-state index is 12.9. The molecule has 0 radical (unpaired) electrons. The Hall–Kier alpha value is -1.35. The average Bonchev–Trinajstić information content (AvgIpc) is 3.03. The molecule has 2 rings (SSSR count). The molecule has 0 unspecified atom stereocenters. The molecule has 2 amide bonds. The van der Waals surface area contributed by atoms with Crippen molar-refractivity contribution >= 4 is 40.2 Å². The number of carbonyl (C=O) groups is 2. The van der Waals surface area contributed by atoms with Gasteiger partial charge in [0, 0.05) is 18.3 Å². The molecule has 1 heterocycles. The largest absolute Gasteiger partial charge is 0.481 e. The average molecular weight is 415 g/mol. The van der Waals surface area contributed by atoms with Crippen molar-refractivity contribution < 1.29 is 14.7 Å². The molecule has 1 saturated carbocycles. The van der Waals surface area contributed by atoms with Crippen molar-refractivity contribution in [2.45, 2.75) is 69.7 Å². The van der Waals surface area contributed by atoms with E-state index >= 15 is 0 Å². The molecule has 1 aromatic heterocycles. The van der Waals surface area contributed by atoms with E-state index in [0.29, 0.717) is 21.1 Å². The van der Waals surface area contributed by atoms with E-state index in [1.54, 1.807) is 0 Å². The molecule has 1 aliphatic carbocycles. The van der Waals surface area contributed by atoms with Gasteiger partial charge in [-0.1, -0.05) is 43.9 Å². The number of thioether (sulfide) groups is 1. The first-order valence-corrected chi connectivity index (χ1v) is 11.4. The van der Waals surface area contributed by atoms with Crippen LogP contribution in [0.5, 0.6) is 0 Å². The molecule has 0 spiro atoms. The molecule has 0 bridgehead atoms. The SMILES string of the molecule is CC(C)CCN(C(=O)Nc1nnc(SCCC(=O)O)s1)C1CCC(C)CC1. The fourth-order valence-corrected chi connectivity index (χ4v) is 4.85. The van der Waals surface area contributed by atoms with Crippen molar-refractivity contribution in [3.05, 3.63) is 0 Å². The lowest BCUT2D eigenvalue weighted by molar-refractivity contribution is -0.136. The first kappa shape index (κ1) is 21.9. The smallest absolute Gasteiger partial charge is 0.323 e. The van der Waals surface area contributed by atoms with Crippen LogP contribution in [0.2, 0.25) is 0 Å². The summed E-state index contributed by atoms with van der Waals surface area (Å²) < 4.78 is 0.673. The molecule has 152 valence electrons. The van der Waals surface area contributed by atoms with Gasteiger partial charge in [-0.25, -0.2) is 4.79 Å². The Balaban J connectivity index is 1.94. The summed E-state index contributed by atoms with van der Waals surface area (Å²) in [6, 6.07) is 0.186. The summed E-state index contributed by atoms with van der Waals surface area (Å²) in [5.74, 6) is 0.896. The van der Waals surface area contributed by atoms with E-state index in [1.165, 1.54) is 35.9 Å². The number of aliphatic carboxylic acids is 1. The highest BCUT2D eigenvalue weighted by atomic mass is 32.2. The second-order valence-electron chi connectivity index (χ2n) is 7.59. The van der Waals surface area contributed by atoms with Crippen LogP contribution in [0.4, 0.5) is 9.93 Å². The summed E-state index contributed by atoms with van der Waals surface area (Å²) in [6.07, 6.45) is 5.50. The van der Waals surface area contributed by atoms with Crippen LogP contribution in [0.1, 0.15) is 59.3 Å². The van der Waals surface area contributed by atoms with Gasteiger partial charge in [-0.2, -0.15) is 0 Å². The number of carbonyl (C=O) groups excluding carboxylic acids is 1. The molecule has 7 nitrogen and oxygen atoms in total. The number of aromatic nitrogens is 2. The summed E-state index contributed by atoms with van der Waals surface area (Å²) in [7, 11) is 0. The van der Waals surface area contributed by atoms with Crippen LogP contribution in [-0.4, -0.2) is 50.5 Å². The topological polar surface area (TPSA) is 95.4 Å². The molecule has 0 aliphatic heterocycles. The number of nitrogens with zero attached hydrogens (tertiary/aromatic N) is 3. The van der Waals surface area contributed by atoms with Crippen LogP contribution >= 0.6 is 23.1 Å². The third kappa shape index (κ3) is 7.65. The van der Waals surface area contributed by atoms with Gasteiger partial charge >= 0.3 is 12.0 Å². The van der Waals surface area contributed by atoms with Crippen molar-refractivity contribution in [1.29, 1.82) is 0 Å². The Morgan fingerprint density at radius 1 is 1.30 bits per heavy atom. The minimum atomic E-state index is -0.830. The summed E-state index contributed by atoms with van der Waals surface area (Å²) in [6.45, 7) is 7.37. The standard InChI is InChI=1S/C18H30N4O3S2/c1-12(2)8-10-22(14-6-4-13(3)5-7-14)17(25)19-16-20-21-18(27-16)26-11-9-15(23)24/h12-14H,4-11H2,1-3H3,(H,23,24)(H,19,20,25). The Bertz CT molecular complexity index is 616. The Kier molecular flexibility index (Phi) is 8.82. The molecule has 9 heteroatoms. The molecule has 27 heavy (non-hydrogen) atoms. The van der Waals surface area contributed by atoms with Crippen LogP contribution in [0.25, 0.3) is 0 Å². The van der Waals surface area contributed by atoms with Gasteiger partial charge in [-0.15, -0.1) is 10.2 Å². The summed E-state index contributed by atoms with van der Waals surface area (Å²) in [5, 5.41) is 20.1. The van der Waals surface area contributed by atoms with E-state index in [9.17, 15) is 9.59 Å². The number of rotatable bonds is 9. The first-order chi connectivity index (χ1) is 12.8. The molecule has 0 atom stereocenters. The highest BCUT2D eigenvalue weighted by Gasteiger charge is 2.28. The zero-order chi connectivity index (χ0) is 19.8. The summed E-state index contributed by atoms with van der Waals surface area (Å²) >= 11 is 2.64. The highest BCUT2D eigenvalue weighted by Crippen LogP contribution is 2.29. The van der Waals surface area contributed by atoms with Gasteiger partial charge < -0.3 is 10.0 Å². The van der Waals surface area contributed by atoms with Gasteiger partial charge in [0.25, 0.3) is 0 Å². The number of carboxylic acid groups (broad SMARTS) is 1. The van der Waals surface area contributed by atoms with Gasteiger partial charge in [0.15, 0.2) is 4.34 Å². The van der Waals surface area contributed by atoms with E-state index in [0.717, 1.165) is 31.7 Å². The van der Waals surface area contributed by atoms with Crippen LogP contribution < -0.4 is 5.32 Å². The van der Waals surface area contributed by atoms with E-state index in [-0.39, 0.29) is 18.5 Å². The number of hydrogen-bond acceptors (Lipinski definition) is 6. The van der Waals surface area contributed by atoms with Gasteiger partial charge in [0.05, 0.1) is 6.42 Å². The Morgan fingerprint density at radius 3 is 2.63 bits per heavy atom. The number of anilines is 1. The van der Waals surface area contributed by atoms with Gasteiger partial charge in [-0.05, 0) is 43.9 Å². The van der Waals surface area contributed by atoms with Gasteiger partial charge in [-0.3, -0.25) is 10.1 Å². The van der Waals surface area contributed by atoms with E-state index in [2.05, 4.69) is 36.3 Å². The molecule has 1 fully saturated rings. The Labute approximate surface area is 169 Å². The lowest BCUT2D eigenvalue weighted by Crippen LogP contribution is -2.45. The van der Waals surface area contributed by atoms with E-state index in [4.69, 9.17) is 5.11 Å². The van der Waals surface area contributed by atoms with Crippen molar-refractivity contribution in [1.82, 2.24) is 15.1 Å². The summed E-state index contributed by atoms with van der Waals surface area (Å²) in [4.78, 5) is 25.5. The van der Waals surface area contributed by atoms with Crippen molar-refractivity contribution in [3.63, 3.8) is 0 Å². The minimum Gasteiger partial charge on any atom is -0.481 e. The minimum absolute atomic E-state index is 0.0784. The number of nitrogens with one attached hydrogen (secondary N) is 1.